The fourth-order valence-corrected chi connectivity index (χ4v) is 2.50. The van der Waals surface area contributed by atoms with Gasteiger partial charge in [-0.05, 0) is 37.9 Å². The van der Waals surface area contributed by atoms with Crippen molar-refractivity contribution in [3.63, 3.8) is 0 Å². The van der Waals surface area contributed by atoms with E-state index in [0.29, 0.717) is 6.04 Å². The number of rotatable bonds is 7. The van der Waals surface area contributed by atoms with E-state index < -0.39 is 0 Å². The van der Waals surface area contributed by atoms with Gasteiger partial charge in [0.1, 0.15) is 0 Å². The molecule has 1 atom stereocenters. The van der Waals surface area contributed by atoms with Gasteiger partial charge in [0.25, 0.3) is 0 Å². The van der Waals surface area contributed by atoms with Crippen molar-refractivity contribution in [1.82, 2.24) is 5.32 Å². The van der Waals surface area contributed by atoms with E-state index in [2.05, 4.69) is 54.9 Å². The largest absolute Gasteiger partial charge is 0.365 e. The number of para-hydroxylation sites is 1. The summed E-state index contributed by atoms with van der Waals surface area (Å²) in [6, 6.07) is 9.86. The predicted octanol–water partition coefficient (Wildman–Crippen LogP) is 3.51. The van der Waals surface area contributed by atoms with Crippen molar-refractivity contribution < 1.29 is 0 Å². The molecule has 0 spiro atoms. The number of nitrogens with one attached hydrogen (secondary N) is 1. The molecule has 1 fully saturated rings. The fourth-order valence-electron chi connectivity index (χ4n) is 2.50. The molecule has 1 saturated carbocycles. The van der Waals surface area contributed by atoms with E-state index in [0.717, 1.165) is 19.1 Å². The quantitative estimate of drug-likeness (QED) is 0.738. The molecule has 18 heavy (non-hydrogen) atoms. The molecule has 0 bridgehead atoms. The molecule has 2 rings (SSSR count). The summed E-state index contributed by atoms with van der Waals surface area (Å²) < 4.78 is 0. The lowest BCUT2D eigenvalue weighted by Gasteiger charge is -2.28. The molecule has 0 aliphatic heterocycles. The van der Waals surface area contributed by atoms with Crippen molar-refractivity contribution in [2.75, 3.05) is 18.0 Å². The molecule has 1 N–H and O–H groups in total. The van der Waals surface area contributed by atoms with Crippen molar-refractivity contribution in [1.29, 1.82) is 0 Å². The molecular weight excluding hydrogens is 220 g/mol. The first-order valence-corrected chi connectivity index (χ1v) is 6.97. The summed E-state index contributed by atoms with van der Waals surface area (Å²) >= 11 is 0. The van der Waals surface area contributed by atoms with Crippen LogP contribution in [0, 0.1) is 0 Å². The highest BCUT2D eigenvalue weighted by Gasteiger charge is 2.30. The van der Waals surface area contributed by atoms with Crippen LogP contribution < -0.4 is 10.2 Å². The molecule has 98 valence electrons. The lowest BCUT2D eigenvalue weighted by atomic mass is 10.0. The van der Waals surface area contributed by atoms with Gasteiger partial charge < -0.3 is 10.2 Å². The summed E-state index contributed by atoms with van der Waals surface area (Å²) in [5.41, 5.74) is 2.77. The van der Waals surface area contributed by atoms with Crippen LogP contribution in [0.4, 0.5) is 5.69 Å². The Hall–Kier alpha value is -1.28. The Morgan fingerprint density at radius 3 is 2.78 bits per heavy atom. The van der Waals surface area contributed by atoms with Crippen molar-refractivity contribution in [2.24, 2.45) is 0 Å². The van der Waals surface area contributed by atoms with Crippen LogP contribution in [-0.2, 0) is 0 Å². The SMILES string of the molecule is C=CCN(c1ccccc1C(C)NCC)C1CC1. The number of hydrogen-bond donors (Lipinski definition) is 1. The topological polar surface area (TPSA) is 15.3 Å². The van der Waals surface area contributed by atoms with Gasteiger partial charge in [-0.15, -0.1) is 6.58 Å². The second kappa shape index (κ2) is 6.05. The number of nitrogens with zero attached hydrogens (tertiary/aromatic N) is 1. The second-order valence-corrected chi connectivity index (χ2v) is 5.01. The Morgan fingerprint density at radius 2 is 2.17 bits per heavy atom. The molecule has 1 aliphatic rings. The molecule has 1 unspecified atom stereocenters. The molecule has 1 aliphatic carbocycles. The van der Waals surface area contributed by atoms with Crippen LogP contribution in [-0.4, -0.2) is 19.1 Å². The van der Waals surface area contributed by atoms with Gasteiger partial charge in [-0.1, -0.05) is 31.2 Å². The third kappa shape index (κ3) is 2.94. The molecule has 2 nitrogen and oxygen atoms in total. The third-order valence-corrected chi connectivity index (χ3v) is 3.54. The van der Waals surface area contributed by atoms with Gasteiger partial charge in [0.15, 0.2) is 0 Å². The second-order valence-electron chi connectivity index (χ2n) is 5.01. The van der Waals surface area contributed by atoms with Crippen LogP contribution in [0.25, 0.3) is 0 Å². The van der Waals surface area contributed by atoms with E-state index in [-0.39, 0.29) is 0 Å². The van der Waals surface area contributed by atoms with Crippen molar-refractivity contribution >= 4 is 5.69 Å². The zero-order chi connectivity index (χ0) is 13.0. The monoisotopic (exact) mass is 244 g/mol. The fraction of sp³-hybridized carbons (Fsp3) is 0.500. The van der Waals surface area contributed by atoms with Gasteiger partial charge in [0, 0.05) is 24.3 Å². The minimum atomic E-state index is 0.400. The third-order valence-electron chi connectivity index (χ3n) is 3.54. The first kappa shape index (κ1) is 13.2. The maximum atomic E-state index is 3.89. The Bertz CT molecular complexity index is 396. The lowest BCUT2D eigenvalue weighted by Crippen LogP contribution is -2.28. The lowest BCUT2D eigenvalue weighted by molar-refractivity contribution is 0.596. The molecule has 0 aromatic heterocycles. The molecule has 1 aromatic carbocycles. The van der Waals surface area contributed by atoms with Gasteiger partial charge in [-0.2, -0.15) is 0 Å². The van der Waals surface area contributed by atoms with E-state index in [9.17, 15) is 0 Å². The Morgan fingerprint density at radius 1 is 1.44 bits per heavy atom. The molecule has 0 saturated heterocycles. The Labute approximate surface area is 111 Å². The maximum absolute atomic E-state index is 3.89. The summed E-state index contributed by atoms with van der Waals surface area (Å²) in [6.07, 6.45) is 4.64. The molecule has 0 heterocycles. The minimum Gasteiger partial charge on any atom is -0.365 e. The van der Waals surface area contributed by atoms with Crippen LogP contribution in [0.5, 0.6) is 0 Å². The number of benzene rings is 1. The maximum Gasteiger partial charge on any atom is 0.0419 e. The van der Waals surface area contributed by atoms with Crippen LogP contribution in [0.1, 0.15) is 38.3 Å². The minimum absolute atomic E-state index is 0.400. The van der Waals surface area contributed by atoms with E-state index in [1.807, 2.05) is 6.08 Å². The highest BCUT2D eigenvalue weighted by molar-refractivity contribution is 5.57. The molecular formula is C16H24N2. The first-order chi connectivity index (χ1) is 8.77. The first-order valence-electron chi connectivity index (χ1n) is 6.97. The molecule has 1 aromatic rings. The van der Waals surface area contributed by atoms with Gasteiger partial charge in [0.2, 0.25) is 0 Å². The van der Waals surface area contributed by atoms with Crippen LogP contribution in [0.3, 0.4) is 0 Å². The van der Waals surface area contributed by atoms with Crippen LogP contribution in [0.15, 0.2) is 36.9 Å². The Balaban J connectivity index is 2.26. The standard InChI is InChI=1S/C16H24N2/c1-4-12-18(14-10-11-14)16-9-7-6-8-15(16)13(3)17-5-2/h4,6-9,13-14,17H,1,5,10-12H2,2-3H3. The summed E-state index contributed by atoms with van der Waals surface area (Å²) in [6.45, 7) is 10.2. The number of hydrogen-bond acceptors (Lipinski definition) is 2. The summed E-state index contributed by atoms with van der Waals surface area (Å²) in [5.74, 6) is 0. The Kier molecular flexibility index (Phi) is 4.43. The van der Waals surface area contributed by atoms with E-state index in [4.69, 9.17) is 0 Å². The van der Waals surface area contributed by atoms with E-state index in [1.54, 1.807) is 0 Å². The normalized spacial score (nSPS) is 16.3. The summed E-state index contributed by atoms with van der Waals surface area (Å²) in [4.78, 5) is 2.50. The van der Waals surface area contributed by atoms with Gasteiger partial charge in [-0.25, -0.2) is 0 Å². The smallest absolute Gasteiger partial charge is 0.0419 e. The van der Waals surface area contributed by atoms with Gasteiger partial charge in [-0.3, -0.25) is 0 Å². The molecule has 2 heteroatoms. The average Bonchev–Trinajstić information content (AvgIpc) is 3.20. The zero-order valence-corrected chi connectivity index (χ0v) is 11.5. The van der Waals surface area contributed by atoms with Crippen molar-refractivity contribution in [3.8, 4) is 0 Å². The predicted molar refractivity (Wildman–Crippen MR) is 79.1 cm³/mol. The zero-order valence-electron chi connectivity index (χ0n) is 11.5. The van der Waals surface area contributed by atoms with Crippen LogP contribution >= 0.6 is 0 Å². The van der Waals surface area contributed by atoms with Gasteiger partial charge in [0.05, 0.1) is 0 Å². The molecule has 0 radical (unpaired) electrons. The van der Waals surface area contributed by atoms with Crippen LogP contribution in [0.2, 0.25) is 0 Å². The average molecular weight is 244 g/mol. The summed E-state index contributed by atoms with van der Waals surface area (Å²) in [5, 5.41) is 3.51. The van der Waals surface area contributed by atoms with E-state index in [1.165, 1.54) is 24.1 Å². The van der Waals surface area contributed by atoms with Gasteiger partial charge >= 0.3 is 0 Å². The summed E-state index contributed by atoms with van der Waals surface area (Å²) in [7, 11) is 0. The number of anilines is 1. The highest BCUT2D eigenvalue weighted by atomic mass is 15.2. The van der Waals surface area contributed by atoms with E-state index >= 15 is 0 Å². The molecule has 0 amide bonds. The van der Waals surface area contributed by atoms with Crippen molar-refractivity contribution in [2.45, 2.75) is 38.8 Å². The van der Waals surface area contributed by atoms with Crippen molar-refractivity contribution in [3.05, 3.63) is 42.5 Å². The highest BCUT2D eigenvalue weighted by Crippen LogP contribution is 2.35.